The van der Waals surface area contributed by atoms with Gasteiger partial charge in [-0.25, -0.2) is 5.01 Å². The fraction of sp³-hybridized carbons (Fsp3) is 0.0370. The number of hydrogen-bond donors (Lipinski definition) is 1. The minimum Gasteiger partial charge on any atom is -0.322 e. The van der Waals surface area contributed by atoms with E-state index in [-0.39, 0.29) is 5.91 Å². The molecule has 0 aromatic heterocycles. The van der Waals surface area contributed by atoms with E-state index in [1.165, 1.54) is 0 Å². The second-order valence-corrected chi connectivity index (χ2v) is 8.84. The van der Waals surface area contributed by atoms with Crippen LogP contribution in [0, 0.1) is 0 Å². The molecule has 0 fully saturated rings. The fourth-order valence-electron chi connectivity index (χ4n) is 4.61. The van der Waals surface area contributed by atoms with Crippen LogP contribution in [0.1, 0.15) is 11.1 Å². The van der Waals surface area contributed by atoms with Crippen molar-refractivity contribution in [1.82, 2.24) is 0 Å². The van der Waals surface area contributed by atoms with E-state index in [1.54, 1.807) is 0 Å². The van der Waals surface area contributed by atoms with Gasteiger partial charge in [-0.2, -0.15) is 5.10 Å². The summed E-state index contributed by atoms with van der Waals surface area (Å²) < 4.78 is 0.895. The van der Waals surface area contributed by atoms with Gasteiger partial charge in [-0.3, -0.25) is 9.69 Å². The molecule has 160 valence electrons. The van der Waals surface area contributed by atoms with Gasteiger partial charge in [-0.15, -0.1) is 0 Å². The number of anilines is 3. The normalized spacial score (nSPS) is 18.9. The van der Waals surface area contributed by atoms with Crippen LogP contribution >= 0.6 is 15.9 Å². The van der Waals surface area contributed by atoms with Crippen molar-refractivity contribution in [3.05, 3.63) is 125 Å². The quantitative estimate of drug-likeness (QED) is 0.383. The van der Waals surface area contributed by atoms with Crippen molar-refractivity contribution in [3.8, 4) is 0 Å². The molecule has 0 radical (unpaired) electrons. The zero-order valence-corrected chi connectivity index (χ0v) is 19.1. The number of carbonyl (C=O) groups is 1. The zero-order chi connectivity index (χ0) is 22.4. The topological polar surface area (TPSA) is 47.9 Å². The Balaban J connectivity index is 1.70. The molecule has 0 saturated heterocycles. The summed E-state index contributed by atoms with van der Waals surface area (Å²) >= 11 is 3.61. The molecule has 1 amide bonds. The van der Waals surface area contributed by atoms with Gasteiger partial charge in [0, 0.05) is 27.0 Å². The van der Waals surface area contributed by atoms with Gasteiger partial charge in [0.1, 0.15) is 0 Å². The minimum absolute atomic E-state index is 0.155. The molecular weight excluding hydrogens is 476 g/mol. The predicted octanol–water partition coefficient (Wildman–Crippen LogP) is 5.94. The number of nitrogens with zero attached hydrogens (tertiary/aromatic N) is 3. The number of amides is 1. The van der Waals surface area contributed by atoms with Gasteiger partial charge in [0.2, 0.25) is 5.66 Å². The molecule has 33 heavy (non-hydrogen) atoms. The first kappa shape index (κ1) is 19.8. The molecule has 4 aromatic rings. The lowest BCUT2D eigenvalue weighted by atomic mass is 9.96. The highest BCUT2D eigenvalue weighted by molar-refractivity contribution is 9.10. The largest absolute Gasteiger partial charge is 0.322 e. The molecular formula is C27H19BrN4O. The van der Waals surface area contributed by atoms with E-state index < -0.39 is 5.66 Å². The smallest absolute Gasteiger partial charge is 0.278 e. The lowest BCUT2D eigenvalue weighted by molar-refractivity contribution is -0.120. The van der Waals surface area contributed by atoms with Crippen molar-refractivity contribution in [2.75, 3.05) is 15.2 Å². The number of carbonyl (C=O) groups excluding carboxylic acids is 1. The zero-order valence-electron chi connectivity index (χ0n) is 17.5. The molecule has 1 atom stereocenters. The van der Waals surface area contributed by atoms with Crippen LogP contribution in [0.25, 0.3) is 0 Å². The molecule has 1 spiro atoms. The van der Waals surface area contributed by atoms with Gasteiger partial charge in [-0.1, -0.05) is 82.7 Å². The monoisotopic (exact) mass is 494 g/mol. The van der Waals surface area contributed by atoms with Gasteiger partial charge in [-0.05, 0) is 42.5 Å². The van der Waals surface area contributed by atoms with Crippen molar-refractivity contribution in [3.63, 3.8) is 0 Å². The minimum atomic E-state index is -1.23. The SMILES string of the molecule is O=C1Nc2ccc(Br)cc2C12N(c1ccccc1)N=C(c1ccccc1)N2c1ccccc1. The number of amidine groups is 1. The fourth-order valence-corrected chi connectivity index (χ4v) is 4.97. The Morgan fingerprint density at radius 2 is 1.36 bits per heavy atom. The number of nitrogens with one attached hydrogen (secondary N) is 1. The van der Waals surface area contributed by atoms with Gasteiger partial charge < -0.3 is 5.32 Å². The lowest BCUT2D eigenvalue weighted by Gasteiger charge is -2.40. The molecule has 0 bridgehead atoms. The molecule has 1 unspecified atom stereocenters. The number of hydrazone groups is 1. The van der Waals surface area contributed by atoms with Crippen molar-refractivity contribution in [2.24, 2.45) is 5.10 Å². The van der Waals surface area contributed by atoms with Gasteiger partial charge in [0.25, 0.3) is 5.91 Å². The molecule has 2 aliphatic heterocycles. The summed E-state index contributed by atoms with van der Waals surface area (Å²) in [5, 5.41) is 10.1. The Labute approximate surface area is 200 Å². The second-order valence-electron chi connectivity index (χ2n) is 7.92. The maximum absolute atomic E-state index is 14.0. The maximum Gasteiger partial charge on any atom is 0.278 e. The van der Waals surface area contributed by atoms with Crippen LogP contribution < -0.4 is 15.2 Å². The highest BCUT2D eigenvalue weighted by Crippen LogP contribution is 2.51. The van der Waals surface area contributed by atoms with Crippen molar-refractivity contribution in [2.45, 2.75) is 5.66 Å². The van der Waals surface area contributed by atoms with E-state index in [9.17, 15) is 4.79 Å². The molecule has 2 heterocycles. The van der Waals surface area contributed by atoms with E-state index >= 15 is 0 Å². The second kappa shape index (κ2) is 7.60. The van der Waals surface area contributed by atoms with E-state index in [0.29, 0.717) is 5.84 Å². The van der Waals surface area contributed by atoms with Gasteiger partial charge in [0.05, 0.1) is 5.69 Å². The summed E-state index contributed by atoms with van der Waals surface area (Å²) in [5.41, 5.74) is 3.01. The maximum atomic E-state index is 14.0. The molecule has 1 N–H and O–H groups in total. The molecule has 4 aromatic carbocycles. The third kappa shape index (κ3) is 2.91. The van der Waals surface area contributed by atoms with Crippen LogP contribution in [0.2, 0.25) is 0 Å². The number of rotatable bonds is 3. The molecule has 0 aliphatic carbocycles. The summed E-state index contributed by atoms with van der Waals surface area (Å²) in [6.45, 7) is 0. The average molecular weight is 495 g/mol. The molecule has 2 aliphatic rings. The van der Waals surface area contributed by atoms with Crippen LogP contribution in [0.4, 0.5) is 17.1 Å². The Morgan fingerprint density at radius 3 is 2.03 bits per heavy atom. The van der Waals surface area contributed by atoms with Crippen LogP contribution in [0.3, 0.4) is 0 Å². The van der Waals surface area contributed by atoms with E-state index in [0.717, 1.165) is 32.7 Å². The standard InChI is InChI=1S/C27H19BrN4O/c28-20-16-17-24-23(18-20)27(26(33)29-24)31(21-12-6-2-7-13-21)25(19-10-4-1-5-11-19)30-32(27)22-14-8-3-9-15-22/h1-18H,(H,29,33). The third-order valence-corrected chi connectivity index (χ3v) is 6.50. The van der Waals surface area contributed by atoms with Gasteiger partial charge >= 0.3 is 0 Å². The van der Waals surface area contributed by atoms with Crippen molar-refractivity contribution < 1.29 is 4.79 Å². The number of benzene rings is 4. The Bertz CT molecular complexity index is 1380. The highest BCUT2D eigenvalue weighted by Gasteiger charge is 2.61. The van der Waals surface area contributed by atoms with E-state index in [4.69, 9.17) is 5.10 Å². The summed E-state index contributed by atoms with van der Waals surface area (Å²) in [7, 11) is 0. The first-order valence-electron chi connectivity index (χ1n) is 10.7. The number of hydrogen-bond acceptors (Lipinski definition) is 4. The molecule has 5 nitrogen and oxygen atoms in total. The number of fused-ring (bicyclic) bond motifs is 2. The highest BCUT2D eigenvalue weighted by atomic mass is 79.9. The number of halogens is 1. The first-order valence-corrected chi connectivity index (χ1v) is 11.4. The third-order valence-electron chi connectivity index (χ3n) is 6.01. The Kier molecular flexibility index (Phi) is 4.55. The molecule has 0 saturated carbocycles. The summed E-state index contributed by atoms with van der Waals surface area (Å²) in [6.07, 6.45) is 0. The Hall–Kier alpha value is -3.90. The molecule has 6 rings (SSSR count). The van der Waals surface area contributed by atoms with Crippen LogP contribution in [-0.4, -0.2) is 11.7 Å². The van der Waals surface area contributed by atoms with E-state index in [2.05, 4.69) is 21.2 Å². The average Bonchev–Trinajstić information content (AvgIpc) is 3.37. The first-order chi connectivity index (χ1) is 16.2. The van der Waals surface area contributed by atoms with Crippen molar-refractivity contribution >= 4 is 44.7 Å². The van der Waals surface area contributed by atoms with Crippen LogP contribution in [0.15, 0.2) is 119 Å². The predicted molar refractivity (Wildman–Crippen MR) is 135 cm³/mol. The van der Waals surface area contributed by atoms with Gasteiger partial charge in [0.15, 0.2) is 5.84 Å². The van der Waals surface area contributed by atoms with E-state index in [1.807, 2.05) is 119 Å². The van der Waals surface area contributed by atoms with Crippen molar-refractivity contribution in [1.29, 1.82) is 0 Å². The summed E-state index contributed by atoms with van der Waals surface area (Å²) in [6, 6.07) is 35.6. The number of para-hydroxylation sites is 2. The van der Waals surface area contributed by atoms with Crippen LogP contribution in [0.5, 0.6) is 0 Å². The summed E-state index contributed by atoms with van der Waals surface area (Å²) in [4.78, 5) is 16.1. The summed E-state index contributed by atoms with van der Waals surface area (Å²) in [5.74, 6) is 0.548. The lowest BCUT2D eigenvalue weighted by Crippen LogP contribution is -2.58. The Morgan fingerprint density at radius 1 is 0.758 bits per heavy atom. The van der Waals surface area contributed by atoms with Crippen LogP contribution in [-0.2, 0) is 10.5 Å². The molecule has 6 heteroatoms.